The lowest BCUT2D eigenvalue weighted by atomic mass is 10.2. The van der Waals surface area contributed by atoms with Gasteiger partial charge in [0.1, 0.15) is 0 Å². The van der Waals surface area contributed by atoms with Gasteiger partial charge in [-0.1, -0.05) is 12.1 Å². The first-order valence-electron chi connectivity index (χ1n) is 6.60. The van der Waals surface area contributed by atoms with Crippen molar-refractivity contribution in [2.75, 3.05) is 6.54 Å². The molecule has 0 saturated heterocycles. The molecule has 0 radical (unpaired) electrons. The lowest BCUT2D eigenvalue weighted by molar-refractivity contribution is 0.557. The predicted molar refractivity (Wildman–Crippen MR) is 77.1 cm³/mol. The highest BCUT2D eigenvalue weighted by atomic mass is 16.3. The molecule has 0 aliphatic heterocycles. The third-order valence-corrected chi connectivity index (χ3v) is 3.37. The number of nitrogens with zero attached hydrogens (tertiary/aromatic N) is 1. The van der Waals surface area contributed by atoms with Crippen LogP contribution in [0.15, 0.2) is 53.5 Å². The zero-order valence-corrected chi connectivity index (χ0v) is 11.1. The average molecular weight is 254 g/mol. The monoisotopic (exact) mass is 254 g/mol. The fourth-order valence-electron chi connectivity index (χ4n) is 2.31. The number of hydrogen-bond donors (Lipinski definition) is 1. The van der Waals surface area contributed by atoms with E-state index in [9.17, 15) is 0 Å². The van der Waals surface area contributed by atoms with E-state index in [0.29, 0.717) is 0 Å². The molecule has 3 aromatic rings. The molecule has 0 aliphatic carbocycles. The summed E-state index contributed by atoms with van der Waals surface area (Å²) in [6.45, 7) is 4.91. The van der Waals surface area contributed by atoms with Gasteiger partial charge in [0.25, 0.3) is 0 Å². The van der Waals surface area contributed by atoms with Gasteiger partial charge in [0.2, 0.25) is 0 Å². The molecule has 19 heavy (non-hydrogen) atoms. The van der Waals surface area contributed by atoms with Crippen molar-refractivity contribution in [1.82, 2.24) is 9.88 Å². The smallest absolute Gasteiger partial charge is 0.0947 e. The van der Waals surface area contributed by atoms with Crippen LogP contribution in [0.1, 0.15) is 11.1 Å². The first kappa shape index (κ1) is 12.1. The average Bonchev–Trinajstić information content (AvgIpc) is 3.04. The Morgan fingerprint density at radius 2 is 2.16 bits per heavy atom. The van der Waals surface area contributed by atoms with Gasteiger partial charge in [-0.3, -0.25) is 0 Å². The second kappa shape index (κ2) is 5.33. The largest absolute Gasteiger partial charge is 0.472 e. The molecule has 0 bridgehead atoms. The third kappa shape index (κ3) is 2.71. The summed E-state index contributed by atoms with van der Waals surface area (Å²) in [5, 5.41) is 4.73. The Morgan fingerprint density at radius 1 is 1.21 bits per heavy atom. The quantitative estimate of drug-likeness (QED) is 0.708. The Labute approximate surface area is 112 Å². The van der Waals surface area contributed by atoms with Gasteiger partial charge in [-0.15, -0.1) is 0 Å². The van der Waals surface area contributed by atoms with E-state index in [1.807, 2.05) is 6.07 Å². The summed E-state index contributed by atoms with van der Waals surface area (Å²) in [5.41, 5.74) is 3.80. The minimum atomic E-state index is 0.856. The van der Waals surface area contributed by atoms with Gasteiger partial charge in [-0.05, 0) is 36.1 Å². The number of benzene rings is 1. The normalized spacial score (nSPS) is 11.2. The minimum absolute atomic E-state index is 0.856. The maximum absolute atomic E-state index is 5.04. The summed E-state index contributed by atoms with van der Waals surface area (Å²) in [4.78, 5) is 0. The highest BCUT2D eigenvalue weighted by molar-refractivity contribution is 5.80. The SMILES string of the molecule is Cc1ccc2ccn(CCNCc3ccoc3)c2c1. The summed E-state index contributed by atoms with van der Waals surface area (Å²) in [7, 11) is 0. The molecule has 0 unspecified atom stereocenters. The van der Waals surface area contributed by atoms with E-state index in [4.69, 9.17) is 4.42 Å². The summed E-state index contributed by atoms with van der Waals surface area (Å²) in [6, 6.07) is 10.7. The Balaban J connectivity index is 1.60. The highest BCUT2D eigenvalue weighted by Crippen LogP contribution is 2.17. The van der Waals surface area contributed by atoms with Gasteiger partial charge >= 0.3 is 0 Å². The van der Waals surface area contributed by atoms with Gasteiger partial charge in [0.05, 0.1) is 12.5 Å². The number of aromatic nitrogens is 1. The van der Waals surface area contributed by atoms with Crippen LogP contribution in [0.5, 0.6) is 0 Å². The number of fused-ring (bicyclic) bond motifs is 1. The van der Waals surface area contributed by atoms with Crippen LogP contribution in [-0.2, 0) is 13.1 Å². The van der Waals surface area contributed by atoms with Crippen LogP contribution in [-0.4, -0.2) is 11.1 Å². The van der Waals surface area contributed by atoms with Crippen molar-refractivity contribution in [3.8, 4) is 0 Å². The fraction of sp³-hybridized carbons (Fsp3) is 0.250. The van der Waals surface area contributed by atoms with Crippen LogP contribution in [0.4, 0.5) is 0 Å². The van der Waals surface area contributed by atoms with E-state index in [0.717, 1.165) is 19.6 Å². The molecule has 3 nitrogen and oxygen atoms in total. The van der Waals surface area contributed by atoms with Crippen LogP contribution in [0.2, 0.25) is 0 Å². The predicted octanol–water partition coefficient (Wildman–Crippen LogP) is 3.33. The van der Waals surface area contributed by atoms with Gasteiger partial charge in [-0.2, -0.15) is 0 Å². The molecule has 2 aromatic heterocycles. The first-order chi connectivity index (χ1) is 9.33. The number of aryl methyl sites for hydroxylation is 1. The van der Waals surface area contributed by atoms with Crippen molar-refractivity contribution in [3.63, 3.8) is 0 Å². The van der Waals surface area contributed by atoms with Crippen LogP contribution in [0, 0.1) is 6.92 Å². The van der Waals surface area contributed by atoms with E-state index in [2.05, 4.69) is 47.3 Å². The van der Waals surface area contributed by atoms with Crippen molar-refractivity contribution < 1.29 is 4.42 Å². The van der Waals surface area contributed by atoms with Crippen LogP contribution in [0.25, 0.3) is 10.9 Å². The van der Waals surface area contributed by atoms with Crippen molar-refractivity contribution in [3.05, 3.63) is 60.2 Å². The van der Waals surface area contributed by atoms with Crippen molar-refractivity contribution in [2.24, 2.45) is 0 Å². The maximum Gasteiger partial charge on any atom is 0.0947 e. The van der Waals surface area contributed by atoms with E-state index in [-0.39, 0.29) is 0 Å². The van der Waals surface area contributed by atoms with Gasteiger partial charge in [-0.25, -0.2) is 0 Å². The molecular formula is C16H18N2O. The minimum Gasteiger partial charge on any atom is -0.472 e. The summed E-state index contributed by atoms with van der Waals surface area (Å²) in [6.07, 6.45) is 5.64. The lowest BCUT2D eigenvalue weighted by Gasteiger charge is -2.07. The first-order valence-corrected chi connectivity index (χ1v) is 6.60. The number of nitrogens with one attached hydrogen (secondary N) is 1. The standard InChI is InChI=1S/C16H18N2O/c1-13-2-3-15-4-7-18(16(15)10-13)8-6-17-11-14-5-9-19-12-14/h2-5,7,9-10,12,17H,6,8,11H2,1H3. The fourth-order valence-corrected chi connectivity index (χ4v) is 2.31. The molecule has 0 aliphatic rings. The molecule has 0 fully saturated rings. The number of furan rings is 1. The molecular weight excluding hydrogens is 236 g/mol. The van der Waals surface area contributed by atoms with E-state index in [1.54, 1.807) is 12.5 Å². The lowest BCUT2D eigenvalue weighted by Crippen LogP contribution is -2.18. The van der Waals surface area contributed by atoms with Gasteiger partial charge in [0, 0.05) is 36.9 Å². The molecule has 0 atom stereocenters. The van der Waals surface area contributed by atoms with Crippen LogP contribution < -0.4 is 5.32 Å². The molecule has 0 spiro atoms. The maximum atomic E-state index is 5.04. The third-order valence-electron chi connectivity index (χ3n) is 3.37. The highest BCUT2D eigenvalue weighted by Gasteiger charge is 2.01. The van der Waals surface area contributed by atoms with Gasteiger partial charge < -0.3 is 14.3 Å². The van der Waals surface area contributed by atoms with E-state index >= 15 is 0 Å². The Kier molecular flexibility index (Phi) is 3.38. The van der Waals surface area contributed by atoms with Gasteiger partial charge in [0.15, 0.2) is 0 Å². The summed E-state index contributed by atoms with van der Waals surface area (Å²) in [5.74, 6) is 0. The molecule has 2 heterocycles. The number of hydrogen-bond acceptors (Lipinski definition) is 2. The molecule has 98 valence electrons. The molecule has 3 rings (SSSR count). The van der Waals surface area contributed by atoms with Crippen LogP contribution >= 0.6 is 0 Å². The Bertz CT molecular complexity index is 653. The summed E-state index contributed by atoms with van der Waals surface area (Å²) < 4.78 is 7.34. The van der Waals surface area contributed by atoms with E-state index in [1.165, 1.54) is 22.0 Å². The Hall–Kier alpha value is -2.00. The van der Waals surface area contributed by atoms with Crippen molar-refractivity contribution in [2.45, 2.75) is 20.0 Å². The Morgan fingerprint density at radius 3 is 3.00 bits per heavy atom. The van der Waals surface area contributed by atoms with Crippen molar-refractivity contribution in [1.29, 1.82) is 0 Å². The molecule has 3 heteroatoms. The zero-order valence-electron chi connectivity index (χ0n) is 11.1. The second-order valence-corrected chi connectivity index (χ2v) is 4.88. The summed E-state index contributed by atoms with van der Waals surface area (Å²) >= 11 is 0. The van der Waals surface area contributed by atoms with E-state index < -0.39 is 0 Å². The van der Waals surface area contributed by atoms with Crippen molar-refractivity contribution >= 4 is 10.9 Å². The molecule has 1 N–H and O–H groups in total. The molecule has 1 aromatic carbocycles. The molecule has 0 saturated carbocycles. The second-order valence-electron chi connectivity index (χ2n) is 4.88. The zero-order chi connectivity index (χ0) is 13.1. The number of rotatable bonds is 5. The van der Waals surface area contributed by atoms with Crippen LogP contribution in [0.3, 0.4) is 0 Å². The molecule has 0 amide bonds. The topological polar surface area (TPSA) is 30.1 Å².